The van der Waals surface area contributed by atoms with Crippen LogP contribution in [0.1, 0.15) is 39.8 Å². The molecule has 106 valence electrons. The smallest absolute Gasteiger partial charge is 0.338 e. The average molecular weight is 295 g/mol. The van der Waals surface area contributed by atoms with Gasteiger partial charge in [0.1, 0.15) is 11.3 Å². The molecule has 0 aromatic carbocycles. The van der Waals surface area contributed by atoms with Gasteiger partial charge in [-0.3, -0.25) is 10.1 Å². The topological polar surface area (TPSA) is 105 Å². The lowest BCUT2D eigenvalue weighted by atomic mass is 10.1. The van der Waals surface area contributed by atoms with E-state index in [9.17, 15) is 9.59 Å². The monoisotopic (exact) mass is 295 g/mol. The Morgan fingerprint density at radius 2 is 2.20 bits per heavy atom. The SMILES string of the molecule is CC(C)Cc1nnc(NC(=O)c2cc(C(=O)O)co2)s1. The van der Waals surface area contributed by atoms with Crippen LogP contribution in [-0.4, -0.2) is 27.2 Å². The summed E-state index contributed by atoms with van der Waals surface area (Å²) in [5.41, 5.74) is -0.0760. The van der Waals surface area contributed by atoms with Gasteiger partial charge in [-0.1, -0.05) is 25.2 Å². The summed E-state index contributed by atoms with van der Waals surface area (Å²) in [6.07, 6.45) is 1.80. The van der Waals surface area contributed by atoms with Gasteiger partial charge < -0.3 is 9.52 Å². The number of carbonyl (C=O) groups is 2. The minimum Gasteiger partial charge on any atom is -0.478 e. The van der Waals surface area contributed by atoms with Gasteiger partial charge in [0.15, 0.2) is 5.76 Å². The lowest BCUT2D eigenvalue weighted by molar-refractivity contribution is 0.0696. The Morgan fingerprint density at radius 1 is 1.45 bits per heavy atom. The first-order valence-corrected chi connectivity index (χ1v) is 6.73. The molecule has 0 bridgehead atoms. The number of carboxylic acids is 1. The molecule has 2 rings (SSSR count). The van der Waals surface area contributed by atoms with E-state index in [4.69, 9.17) is 9.52 Å². The molecule has 0 fully saturated rings. The van der Waals surface area contributed by atoms with E-state index in [1.807, 2.05) is 0 Å². The van der Waals surface area contributed by atoms with Gasteiger partial charge in [-0.05, 0) is 5.92 Å². The highest BCUT2D eigenvalue weighted by Gasteiger charge is 2.16. The lowest BCUT2D eigenvalue weighted by Gasteiger charge is -1.97. The number of carboxylic acid groups (broad SMARTS) is 1. The van der Waals surface area contributed by atoms with Crippen molar-refractivity contribution in [2.75, 3.05) is 5.32 Å². The maximum Gasteiger partial charge on any atom is 0.338 e. The molecule has 0 unspecified atom stereocenters. The zero-order chi connectivity index (χ0) is 14.7. The summed E-state index contributed by atoms with van der Waals surface area (Å²) in [6, 6.07) is 1.16. The summed E-state index contributed by atoms with van der Waals surface area (Å²) >= 11 is 1.29. The molecule has 0 saturated heterocycles. The maximum atomic E-state index is 11.8. The molecule has 0 radical (unpaired) electrons. The van der Waals surface area contributed by atoms with Gasteiger partial charge in [0.2, 0.25) is 5.13 Å². The highest BCUT2D eigenvalue weighted by molar-refractivity contribution is 7.15. The Hall–Kier alpha value is -2.22. The number of nitrogens with one attached hydrogen (secondary N) is 1. The Morgan fingerprint density at radius 3 is 2.80 bits per heavy atom. The molecule has 0 saturated carbocycles. The number of rotatable bonds is 5. The number of hydrogen-bond donors (Lipinski definition) is 2. The van der Waals surface area contributed by atoms with E-state index in [-0.39, 0.29) is 11.3 Å². The van der Waals surface area contributed by atoms with Gasteiger partial charge in [0.05, 0.1) is 5.56 Å². The Kier molecular flexibility index (Phi) is 4.14. The molecule has 8 heteroatoms. The maximum absolute atomic E-state index is 11.8. The third-order valence-corrected chi connectivity index (χ3v) is 3.20. The molecular formula is C12H13N3O4S. The molecule has 0 atom stereocenters. The van der Waals surface area contributed by atoms with E-state index in [0.29, 0.717) is 11.0 Å². The van der Waals surface area contributed by atoms with Gasteiger partial charge >= 0.3 is 5.97 Å². The van der Waals surface area contributed by atoms with Crippen molar-refractivity contribution in [2.24, 2.45) is 5.92 Å². The average Bonchev–Trinajstić information content (AvgIpc) is 2.97. The van der Waals surface area contributed by atoms with Crippen molar-refractivity contribution in [1.29, 1.82) is 0 Å². The normalized spacial score (nSPS) is 10.8. The number of anilines is 1. The highest BCUT2D eigenvalue weighted by Crippen LogP contribution is 2.19. The quantitative estimate of drug-likeness (QED) is 0.876. The van der Waals surface area contributed by atoms with E-state index >= 15 is 0 Å². The second-order valence-electron chi connectivity index (χ2n) is 4.56. The van der Waals surface area contributed by atoms with Crippen LogP contribution < -0.4 is 5.32 Å². The van der Waals surface area contributed by atoms with Crippen LogP contribution in [0.25, 0.3) is 0 Å². The second-order valence-corrected chi connectivity index (χ2v) is 5.62. The second kappa shape index (κ2) is 5.83. The van der Waals surface area contributed by atoms with Gasteiger partial charge in [-0.2, -0.15) is 0 Å². The van der Waals surface area contributed by atoms with Crippen LogP contribution in [0, 0.1) is 5.92 Å². The molecular weight excluding hydrogens is 282 g/mol. The molecule has 7 nitrogen and oxygen atoms in total. The van der Waals surface area contributed by atoms with Crippen molar-refractivity contribution in [3.63, 3.8) is 0 Å². The van der Waals surface area contributed by atoms with Gasteiger partial charge in [-0.15, -0.1) is 10.2 Å². The van der Waals surface area contributed by atoms with E-state index in [1.54, 1.807) is 0 Å². The Bertz CT molecular complexity index is 632. The zero-order valence-corrected chi connectivity index (χ0v) is 11.7. The molecule has 0 aliphatic carbocycles. The number of hydrogen-bond acceptors (Lipinski definition) is 6. The zero-order valence-electron chi connectivity index (χ0n) is 10.9. The van der Waals surface area contributed by atoms with Crippen molar-refractivity contribution in [3.8, 4) is 0 Å². The number of aromatic nitrogens is 2. The molecule has 2 heterocycles. The van der Waals surface area contributed by atoms with Crippen LogP contribution in [-0.2, 0) is 6.42 Å². The first-order valence-electron chi connectivity index (χ1n) is 5.91. The number of carbonyl (C=O) groups excluding carboxylic acids is 1. The summed E-state index contributed by atoms with van der Waals surface area (Å²) in [5.74, 6) is -1.33. The summed E-state index contributed by atoms with van der Waals surface area (Å²) in [6.45, 7) is 4.13. The lowest BCUT2D eigenvalue weighted by Crippen LogP contribution is -2.10. The van der Waals surface area contributed by atoms with Crippen LogP contribution in [0.4, 0.5) is 5.13 Å². The van der Waals surface area contributed by atoms with Crippen molar-refractivity contribution in [3.05, 3.63) is 28.7 Å². The van der Waals surface area contributed by atoms with E-state index in [1.165, 1.54) is 11.3 Å². The van der Waals surface area contributed by atoms with Crippen molar-refractivity contribution in [2.45, 2.75) is 20.3 Å². The minimum absolute atomic E-state index is 0.0760. The number of nitrogens with zero attached hydrogens (tertiary/aromatic N) is 2. The fourth-order valence-electron chi connectivity index (χ4n) is 1.46. The summed E-state index contributed by atoms with van der Waals surface area (Å²) in [7, 11) is 0. The van der Waals surface area contributed by atoms with E-state index < -0.39 is 11.9 Å². The molecule has 2 N–H and O–H groups in total. The van der Waals surface area contributed by atoms with Crippen LogP contribution in [0.15, 0.2) is 16.7 Å². The summed E-state index contributed by atoms with van der Waals surface area (Å²) in [5, 5.41) is 20.3. The molecule has 20 heavy (non-hydrogen) atoms. The van der Waals surface area contributed by atoms with Crippen molar-refractivity contribution in [1.82, 2.24) is 10.2 Å². The van der Waals surface area contributed by atoms with Crippen LogP contribution in [0.3, 0.4) is 0 Å². The number of amides is 1. The largest absolute Gasteiger partial charge is 0.478 e. The Labute approximate surface area is 118 Å². The summed E-state index contributed by atoms with van der Waals surface area (Å²) in [4.78, 5) is 22.5. The molecule has 0 aliphatic rings. The first-order chi connectivity index (χ1) is 9.45. The van der Waals surface area contributed by atoms with Crippen LogP contribution in [0.5, 0.6) is 0 Å². The predicted octanol–water partition coefficient (Wildman–Crippen LogP) is 2.28. The van der Waals surface area contributed by atoms with E-state index in [0.717, 1.165) is 23.8 Å². The van der Waals surface area contributed by atoms with Crippen molar-refractivity contribution < 1.29 is 19.1 Å². The highest BCUT2D eigenvalue weighted by atomic mass is 32.1. The third-order valence-electron chi connectivity index (χ3n) is 2.34. The first kappa shape index (κ1) is 14.2. The van der Waals surface area contributed by atoms with Gasteiger partial charge in [0, 0.05) is 12.5 Å². The molecule has 2 aromatic rings. The minimum atomic E-state index is -1.15. The van der Waals surface area contributed by atoms with Gasteiger partial charge in [-0.25, -0.2) is 4.79 Å². The predicted molar refractivity (Wildman–Crippen MR) is 72.1 cm³/mol. The number of furan rings is 1. The summed E-state index contributed by atoms with van der Waals surface area (Å²) < 4.78 is 4.89. The van der Waals surface area contributed by atoms with Crippen molar-refractivity contribution >= 4 is 28.3 Å². The van der Waals surface area contributed by atoms with Crippen LogP contribution in [0.2, 0.25) is 0 Å². The number of aromatic carboxylic acids is 1. The van der Waals surface area contributed by atoms with Crippen LogP contribution >= 0.6 is 11.3 Å². The Balaban J connectivity index is 2.03. The molecule has 2 aromatic heterocycles. The fraction of sp³-hybridized carbons (Fsp3) is 0.333. The third kappa shape index (κ3) is 3.41. The fourth-order valence-corrected chi connectivity index (χ4v) is 2.41. The molecule has 1 amide bonds. The van der Waals surface area contributed by atoms with Gasteiger partial charge in [0.25, 0.3) is 5.91 Å². The standard InChI is InChI=1S/C12H13N3O4S/c1-6(2)3-9-14-15-12(20-9)13-10(16)8-4-7(5-19-8)11(17)18/h4-6H,3H2,1-2H3,(H,17,18)(H,13,15,16). The van der Waals surface area contributed by atoms with E-state index in [2.05, 4.69) is 29.4 Å². The molecule has 0 aliphatic heterocycles. The molecule has 0 spiro atoms.